The molecule has 0 aliphatic carbocycles. The van der Waals surface area contributed by atoms with Crippen molar-refractivity contribution in [2.45, 2.75) is 0 Å². The summed E-state index contributed by atoms with van der Waals surface area (Å²) in [5, 5.41) is 22.2. The van der Waals surface area contributed by atoms with E-state index in [4.69, 9.17) is 10.2 Å². The van der Waals surface area contributed by atoms with Gasteiger partial charge in [0.1, 0.15) is 5.82 Å². The largest absolute Gasteiger partial charge is 0.395 e. The van der Waals surface area contributed by atoms with Gasteiger partial charge in [-0.3, -0.25) is 4.90 Å². The number of hydrogen-bond donors (Lipinski definition) is 3. The highest BCUT2D eigenvalue weighted by atomic mass is 16.3. The molecule has 0 radical (unpaired) electrons. The van der Waals surface area contributed by atoms with Crippen molar-refractivity contribution in [1.82, 2.24) is 14.9 Å². The predicted molar refractivity (Wildman–Crippen MR) is 90.9 cm³/mol. The van der Waals surface area contributed by atoms with Crippen LogP contribution in [0.15, 0.2) is 24.3 Å². The number of β-amino-alcohol motifs (C(OH)–C–C–N with tert-alkyl or cyclic N) is 1. The summed E-state index contributed by atoms with van der Waals surface area (Å²) in [4.78, 5) is 13.8. The molecular weight excluding hydrogens is 294 g/mol. The first-order valence-corrected chi connectivity index (χ1v) is 8.01. The molecule has 1 fully saturated rings. The van der Waals surface area contributed by atoms with Crippen molar-refractivity contribution in [3.05, 3.63) is 24.3 Å². The minimum absolute atomic E-state index is 0.0630. The Bertz CT molecular complexity index is 643. The zero-order chi connectivity index (χ0) is 16.1. The van der Waals surface area contributed by atoms with Gasteiger partial charge in [0, 0.05) is 44.7 Å². The van der Waals surface area contributed by atoms with E-state index in [9.17, 15) is 0 Å². The molecule has 1 aliphatic heterocycles. The lowest BCUT2D eigenvalue weighted by molar-refractivity contribution is 0.188. The fourth-order valence-electron chi connectivity index (χ4n) is 2.83. The van der Waals surface area contributed by atoms with Crippen molar-refractivity contribution >= 4 is 22.7 Å². The summed E-state index contributed by atoms with van der Waals surface area (Å²) in [7, 11) is 0. The minimum atomic E-state index is 0.0630. The molecule has 124 valence electrons. The van der Waals surface area contributed by atoms with E-state index in [0.717, 1.165) is 49.4 Å². The van der Waals surface area contributed by atoms with Crippen molar-refractivity contribution < 1.29 is 10.2 Å². The molecule has 1 aliphatic rings. The summed E-state index contributed by atoms with van der Waals surface area (Å²) >= 11 is 0. The molecule has 1 aromatic heterocycles. The van der Waals surface area contributed by atoms with E-state index in [1.807, 2.05) is 24.3 Å². The molecule has 0 unspecified atom stereocenters. The van der Waals surface area contributed by atoms with Gasteiger partial charge in [-0.25, -0.2) is 4.98 Å². The van der Waals surface area contributed by atoms with Crippen molar-refractivity contribution in [2.24, 2.45) is 0 Å². The van der Waals surface area contributed by atoms with Crippen LogP contribution in [-0.2, 0) is 0 Å². The second kappa shape index (κ2) is 7.54. The molecule has 0 atom stereocenters. The minimum Gasteiger partial charge on any atom is -0.395 e. The summed E-state index contributed by atoms with van der Waals surface area (Å²) in [5.41, 5.74) is 0.899. The molecule has 7 heteroatoms. The molecule has 3 N–H and O–H groups in total. The van der Waals surface area contributed by atoms with Crippen LogP contribution in [0, 0.1) is 0 Å². The fraction of sp³-hybridized carbons (Fsp3) is 0.500. The standard InChI is InChI=1S/C16H23N5O2/c22-11-5-17-15-13-3-1-2-4-14(13)18-16(19-15)21-8-6-20(7-9-21)10-12-23/h1-4,22-23H,5-12H2,(H,17,18,19). The van der Waals surface area contributed by atoms with Crippen molar-refractivity contribution in [3.63, 3.8) is 0 Å². The Balaban J connectivity index is 1.83. The number of aliphatic hydroxyl groups is 2. The van der Waals surface area contributed by atoms with Crippen LogP contribution in [0.5, 0.6) is 0 Å². The summed E-state index contributed by atoms with van der Waals surface area (Å²) < 4.78 is 0. The zero-order valence-electron chi connectivity index (χ0n) is 13.1. The molecule has 0 amide bonds. The second-order valence-electron chi connectivity index (χ2n) is 5.59. The number of para-hydroxylation sites is 1. The van der Waals surface area contributed by atoms with E-state index in [1.165, 1.54) is 0 Å². The van der Waals surface area contributed by atoms with E-state index in [-0.39, 0.29) is 13.2 Å². The fourth-order valence-corrected chi connectivity index (χ4v) is 2.83. The van der Waals surface area contributed by atoms with Gasteiger partial charge in [0.2, 0.25) is 5.95 Å². The van der Waals surface area contributed by atoms with Crippen LogP contribution >= 0.6 is 0 Å². The summed E-state index contributed by atoms with van der Waals surface area (Å²) in [6.07, 6.45) is 0. The van der Waals surface area contributed by atoms with Gasteiger partial charge >= 0.3 is 0 Å². The first kappa shape index (κ1) is 15.9. The van der Waals surface area contributed by atoms with E-state index in [0.29, 0.717) is 12.5 Å². The number of hydrogen-bond acceptors (Lipinski definition) is 7. The number of piperazine rings is 1. The van der Waals surface area contributed by atoms with Crippen LogP contribution in [0.3, 0.4) is 0 Å². The molecule has 2 aromatic rings. The molecule has 0 spiro atoms. The molecule has 0 bridgehead atoms. The maximum absolute atomic E-state index is 9.06. The number of nitrogens with one attached hydrogen (secondary N) is 1. The van der Waals surface area contributed by atoms with E-state index in [2.05, 4.69) is 25.1 Å². The summed E-state index contributed by atoms with van der Waals surface area (Å²) in [5.74, 6) is 1.48. The molecule has 2 heterocycles. The van der Waals surface area contributed by atoms with Gasteiger partial charge < -0.3 is 20.4 Å². The van der Waals surface area contributed by atoms with Crippen molar-refractivity contribution in [1.29, 1.82) is 0 Å². The van der Waals surface area contributed by atoms with Gasteiger partial charge in [0.25, 0.3) is 0 Å². The van der Waals surface area contributed by atoms with E-state index in [1.54, 1.807) is 0 Å². The Morgan fingerprint density at radius 3 is 2.52 bits per heavy atom. The Morgan fingerprint density at radius 2 is 1.78 bits per heavy atom. The van der Waals surface area contributed by atoms with Gasteiger partial charge in [-0.2, -0.15) is 4.98 Å². The number of benzene rings is 1. The third-order valence-electron chi connectivity index (χ3n) is 4.07. The molecule has 3 rings (SSSR count). The van der Waals surface area contributed by atoms with E-state index < -0.39 is 0 Å². The highest BCUT2D eigenvalue weighted by molar-refractivity contribution is 5.90. The molecule has 0 saturated carbocycles. The topological polar surface area (TPSA) is 84.8 Å². The maximum atomic E-state index is 9.06. The second-order valence-corrected chi connectivity index (χ2v) is 5.59. The first-order chi connectivity index (χ1) is 11.3. The number of rotatable bonds is 6. The van der Waals surface area contributed by atoms with Crippen LogP contribution in [-0.4, -0.2) is 77.6 Å². The van der Waals surface area contributed by atoms with Gasteiger partial charge in [-0.05, 0) is 12.1 Å². The van der Waals surface area contributed by atoms with Gasteiger partial charge in [0.05, 0.1) is 18.7 Å². The molecule has 7 nitrogen and oxygen atoms in total. The lowest BCUT2D eigenvalue weighted by Gasteiger charge is -2.34. The number of aliphatic hydroxyl groups excluding tert-OH is 2. The lowest BCUT2D eigenvalue weighted by atomic mass is 10.2. The van der Waals surface area contributed by atoms with Gasteiger partial charge in [-0.1, -0.05) is 12.1 Å². The van der Waals surface area contributed by atoms with Crippen molar-refractivity contribution in [3.8, 4) is 0 Å². The smallest absolute Gasteiger partial charge is 0.227 e. The van der Waals surface area contributed by atoms with Crippen LogP contribution in [0.25, 0.3) is 10.9 Å². The third kappa shape index (κ3) is 3.69. The van der Waals surface area contributed by atoms with Crippen LogP contribution in [0.2, 0.25) is 0 Å². The van der Waals surface area contributed by atoms with Gasteiger partial charge in [0.15, 0.2) is 0 Å². The normalized spacial score (nSPS) is 16.0. The summed E-state index contributed by atoms with van der Waals surface area (Å²) in [6.45, 7) is 4.93. The third-order valence-corrected chi connectivity index (χ3v) is 4.07. The molecule has 1 saturated heterocycles. The maximum Gasteiger partial charge on any atom is 0.227 e. The van der Waals surface area contributed by atoms with Crippen LogP contribution < -0.4 is 10.2 Å². The number of anilines is 2. The Labute approximate surface area is 135 Å². The molecule has 23 heavy (non-hydrogen) atoms. The Kier molecular flexibility index (Phi) is 5.22. The predicted octanol–water partition coefficient (Wildman–Crippen LogP) is 0.148. The molecule has 1 aromatic carbocycles. The first-order valence-electron chi connectivity index (χ1n) is 8.01. The Hall–Kier alpha value is -1.96. The number of fused-ring (bicyclic) bond motifs is 1. The highest BCUT2D eigenvalue weighted by Crippen LogP contribution is 2.23. The zero-order valence-corrected chi connectivity index (χ0v) is 13.1. The SMILES string of the molecule is OCCNc1nc(N2CCN(CCO)CC2)nc2ccccc12. The lowest BCUT2D eigenvalue weighted by Crippen LogP contribution is -2.47. The van der Waals surface area contributed by atoms with Gasteiger partial charge in [-0.15, -0.1) is 0 Å². The number of nitrogens with zero attached hydrogens (tertiary/aromatic N) is 4. The molecular formula is C16H23N5O2. The van der Waals surface area contributed by atoms with E-state index >= 15 is 0 Å². The monoisotopic (exact) mass is 317 g/mol. The van der Waals surface area contributed by atoms with Crippen LogP contribution in [0.4, 0.5) is 11.8 Å². The van der Waals surface area contributed by atoms with Crippen molar-refractivity contribution in [2.75, 3.05) is 62.7 Å². The quantitative estimate of drug-likeness (QED) is 0.699. The average molecular weight is 317 g/mol. The average Bonchev–Trinajstić information content (AvgIpc) is 2.60. The van der Waals surface area contributed by atoms with Crippen LogP contribution in [0.1, 0.15) is 0 Å². The summed E-state index contributed by atoms with van der Waals surface area (Å²) in [6, 6.07) is 7.89. The highest BCUT2D eigenvalue weighted by Gasteiger charge is 2.19. The Morgan fingerprint density at radius 1 is 1.00 bits per heavy atom. The number of aromatic nitrogens is 2.